The van der Waals surface area contributed by atoms with Gasteiger partial charge in [0.2, 0.25) is 0 Å². The molecule has 0 aromatic carbocycles. The molecule has 0 unspecified atom stereocenters. The average molecular weight is 376 g/mol. The Kier molecular flexibility index (Phi) is 5.26. The fourth-order valence-electron chi connectivity index (χ4n) is 4.84. The Labute approximate surface area is 159 Å². The summed E-state index contributed by atoms with van der Waals surface area (Å²) in [5.74, 6) is 0.648. The maximum Gasteiger partial charge on any atom is 0.405 e. The molecular formula is C19H28N4O4. The van der Waals surface area contributed by atoms with E-state index in [1.165, 1.54) is 6.20 Å². The summed E-state index contributed by atoms with van der Waals surface area (Å²) >= 11 is 0. The minimum Gasteiger partial charge on any atom is -0.465 e. The molecule has 0 radical (unpaired) electrons. The molecule has 2 N–H and O–H groups in total. The highest BCUT2D eigenvalue weighted by molar-refractivity contribution is 5.69. The number of nitrogens with zero attached hydrogens (tertiary/aromatic N) is 3. The molecule has 2 atom stereocenters. The van der Waals surface area contributed by atoms with Crippen LogP contribution in [0.15, 0.2) is 6.20 Å². The van der Waals surface area contributed by atoms with Crippen molar-refractivity contribution < 1.29 is 14.8 Å². The molecule has 1 aromatic rings. The highest BCUT2D eigenvalue weighted by Gasteiger charge is 2.35. The van der Waals surface area contributed by atoms with Crippen molar-refractivity contribution in [1.29, 1.82) is 0 Å². The number of nitrogens with one attached hydrogen (secondary N) is 1. The summed E-state index contributed by atoms with van der Waals surface area (Å²) in [5, 5.41) is 23.3. The van der Waals surface area contributed by atoms with Crippen LogP contribution in [0.3, 0.4) is 0 Å². The first-order valence-corrected chi connectivity index (χ1v) is 9.57. The first-order chi connectivity index (χ1) is 12.7. The van der Waals surface area contributed by atoms with Gasteiger partial charge in [-0.15, -0.1) is 0 Å². The van der Waals surface area contributed by atoms with Gasteiger partial charge in [-0.2, -0.15) is 0 Å². The van der Waals surface area contributed by atoms with Crippen LogP contribution in [0, 0.1) is 22.0 Å². The molecule has 1 aliphatic heterocycles. The zero-order valence-corrected chi connectivity index (χ0v) is 16.2. The van der Waals surface area contributed by atoms with Crippen molar-refractivity contribution in [2.24, 2.45) is 11.8 Å². The van der Waals surface area contributed by atoms with Crippen molar-refractivity contribution in [3.63, 3.8) is 0 Å². The van der Waals surface area contributed by atoms with Crippen LogP contribution in [-0.4, -0.2) is 39.7 Å². The van der Waals surface area contributed by atoms with Crippen molar-refractivity contribution in [2.45, 2.75) is 58.4 Å². The molecule has 148 valence electrons. The lowest BCUT2D eigenvalue weighted by Crippen LogP contribution is -2.48. The van der Waals surface area contributed by atoms with Gasteiger partial charge in [0.05, 0.1) is 4.92 Å². The number of carboxylic acid groups (broad SMARTS) is 1. The zero-order chi connectivity index (χ0) is 19.8. The van der Waals surface area contributed by atoms with E-state index in [1.807, 2.05) is 13.8 Å². The Morgan fingerprint density at radius 3 is 2.85 bits per heavy atom. The van der Waals surface area contributed by atoms with E-state index in [1.54, 1.807) is 0 Å². The number of amides is 1. The monoisotopic (exact) mass is 376 g/mol. The fraction of sp³-hybridized carbons (Fsp3) is 0.684. The number of aryl methyl sites for hydroxylation is 1. The smallest absolute Gasteiger partial charge is 0.405 e. The number of piperidine rings is 1. The van der Waals surface area contributed by atoms with Crippen molar-refractivity contribution >= 4 is 17.5 Å². The lowest BCUT2D eigenvalue weighted by Gasteiger charge is -2.41. The Bertz CT molecular complexity index is 749. The Balaban J connectivity index is 1.88. The summed E-state index contributed by atoms with van der Waals surface area (Å²) in [5.41, 5.74) is 2.30. The molecule has 2 heterocycles. The van der Waals surface area contributed by atoms with Crippen LogP contribution >= 0.6 is 0 Å². The van der Waals surface area contributed by atoms with E-state index in [0.29, 0.717) is 18.9 Å². The van der Waals surface area contributed by atoms with Crippen LogP contribution in [-0.2, 0) is 12.8 Å². The largest absolute Gasteiger partial charge is 0.465 e. The molecule has 2 aliphatic rings. The topological polar surface area (TPSA) is 109 Å². The fourth-order valence-corrected chi connectivity index (χ4v) is 4.84. The third-order valence-corrected chi connectivity index (χ3v) is 5.56. The van der Waals surface area contributed by atoms with E-state index in [2.05, 4.69) is 22.1 Å². The predicted molar refractivity (Wildman–Crippen MR) is 102 cm³/mol. The van der Waals surface area contributed by atoms with Gasteiger partial charge >= 0.3 is 11.8 Å². The number of aromatic nitrogens is 1. The Morgan fingerprint density at radius 1 is 1.44 bits per heavy atom. The maximum atomic E-state index is 11.6. The van der Waals surface area contributed by atoms with Gasteiger partial charge in [0.1, 0.15) is 11.9 Å². The van der Waals surface area contributed by atoms with Crippen LogP contribution in [0.4, 0.5) is 16.2 Å². The number of rotatable bonds is 5. The van der Waals surface area contributed by atoms with Gasteiger partial charge in [-0.1, -0.05) is 6.92 Å². The molecule has 1 fully saturated rings. The number of hydrogen-bond acceptors (Lipinski definition) is 5. The highest BCUT2D eigenvalue weighted by Crippen LogP contribution is 2.40. The summed E-state index contributed by atoms with van der Waals surface area (Å²) in [6, 6.07) is 0. The number of pyridine rings is 1. The van der Waals surface area contributed by atoms with Gasteiger partial charge in [-0.3, -0.25) is 15.1 Å². The van der Waals surface area contributed by atoms with E-state index in [0.717, 1.165) is 49.2 Å². The standard InChI is InChI=1S/C19H28N4O4/c1-12-7-13(8-19(2,3)21-18(24)25)11-22(10-12)17-14-5-4-6-15(14)20-9-16(17)23(26)27/h9,12-13,21H,4-8,10-11H2,1-3H3,(H,24,25)/t12-,13+/m1/s1. The predicted octanol–water partition coefficient (Wildman–Crippen LogP) is 3.38. The number of anilines is 1. The Morgan fingerprint density at radius 2 is 2.19 bits per heavy atom. The summed E-state index contributed by atoms with van der Waals surface area (Å²) in [7, 11) is 0. The van der Waals surface area contributed by atoms with E-state index in [-0.39, 0.29) is 16.5 Å². The van der Waals surface area contributed by atoms with Crippen LogP contribution in [0.1, 0.15) is 51.3 Å². The van der Waals surface area contributed by atoms with Crippen molar-refractivity contribution in [3.05, 3.63) is 27.6 Å². The minimum absolute atomic E-state index is 0.0893. The number of carbonyl (C=O) groups is 1. The second-order valence-corrected chi connectivity index (χ2v) is 8.66. The SMILES string of the molecule is C[C@@H]1C[C@@H](CC(C)(C)NC(=O)O)CN(c2c([N+](=O)[O-])cnc3c2CCC3)C1. The van der Waals surface area contributed by atoms with Crippen LogP contribution in [0.5, 0.6) is 0 Å². The van der Waals surface area contributed by atoms with Gasteiger partial charge in [0.25, 0.3) is 0 Å². The maximum absolute atomic E-state index is 11.6. The molecule has 8 nitrogen and oxygen atoms in total. The number of hydrogen-bond donors (Lipinski definition) is 2. The summed E-state index contributed by atoms with van der Waals surface area (Å²) in [4.78, 5) is 28.8. The summed E-state index contributed by atoms with van der Waals surface area (Å²) < 4.78 is 0. The first kappa shape index (κ1) is 19.4. The average Bonchev–Trinajstić information content (AvgIpc) is 2.99. The lowest BCUT2D eigenvalue weighted by molar-refractivity contribution is -0.384. The van der Waals surface area contributed by atoms with Crippen LogP contribution in [0.2, 0.25) is 0 Å². The molecule has 1 amide bonds. The zero-order valence-electron chi connectivity index (χ0n) is 16.2. The molecule has 0 spiro atoms. The van der Waals surface area contributed by atoms with Gasteiger partial charge in [-0.25, -0.2) is 4.79 Å². The third-order valence-electron chi connectivity index (χ3n) is 5.56. The second-order valence-electron chi connectivity index (χ2n) is 8.66. The molecule has 1 aromatic heterocycles. The van der Waals surface area contributed by atoms with Gasteiger partial charge in [0.15, 0.2) is 0 Å². The molecule has 0 bridgehead atoms. The molecule has 1 saturated heterocycles. The molecule has 27 heavy (non-hydrogen) atoms. The number of fused-ring (bicyclic) bond motifs is 1. The van der Waals surface area contributed by atoms with Crippen molar-refractivity contribution in [3.8, 4) is 0 Å². The van der Waals surface area contributed by atoms with E-state index in [4.69, 9.17) is 5.11 Å². The number of nitro groups is 1. The minimum atomic E-state index is -1.02. The van der Waals surface area contributed by atoms with Crippen LogP contribution < -0.4 is 10.2 Å². The van der Waals surface area contributed by atoms with E-state index in [9.17, 15) is 14.9 Å². The molecule has 0 saturated carbocycles. The third kappa shape index (κ3) is 4.31. The Hall–Kier alpha value is -2.38. The summed E-state index contributed by atoms with van der Waals surface area (Å²) in [6.45, 7) is 7.41. The van der Waals surface area contributed by atoms with Gasteiger partial charge < -0.3 is 15.3 Å². The normalized spacial score (nSPS) is 22.4. The van der Waals surface area contributed by atoms with Crippen LogP contribution in [0.25, 0.3) is 0 Å². The first-order valence-electron chi connectivity index (χ1n) is 9.57. The molecule has 1 aliphatic carbocycles. The van der Waals surface area contributed by atoms with Crippen molar-refractivity contribution in [2.75, 3.05) is 18.0 Å². The van der Waals surface area contributed by atoms with Gasteiger partial charge in [-0.05, 0) is 57.8 Å². The second kappa shape index (κ2) is 7.32. The summed E-state index contributed by atoms with van der Waals surface area (Å²) in [6.07, 6.45) is 4.76. The molecular weight excluding hydrogens is 348 g/mol. The molecule has 3 rings (SSSR count). The van der Waals surface area contributed by atoms with Crippen molar-refractivity contribution in [1.82, 2.24) is 10.3 Å². The van der Waals surface area contributed by atoms with E-state index < -0.39 is 11.6 Å². The van der Waals surface area contributed by atoms with Gasteiger partial charge in [0, 0.05) is 29.9 Å². The highest BCUT2D eigenvalue weighted by atomic mass is 16.6. The lowest BCUT2D eigenvalue weighted by atomic mass is 9.81. The van der Waals surface area contributed by atoms with E-state index >= 15 is 0 Å². The molecule has 8 heteroatoms. The quantitative estimate of drug-likeness (QED) is 0.602.